The van der Waals surface area contributed by atoms with Gasteiger partial charge in [0.2, 0.25) is 0 Å². The number of rotatable bonds is 4. The Morgan fingerprint density at radius 2 is 2.19 bits per heavy atom. The summed E-state index contributed by atoms with van der Waals surface area (Å²) in [7, 11) is 0. The van der Waals surface area contributed by atoms with Gasteiger partial charge in [0.1, 0.15) is 0 Å². The second-order valence-corrected chi connectivity index (χ2v) is 7.27. The van der Waals surface area contributed by atoms with E-state index in [4.69, 9.17) is 5.26 Å². The maximum atomic E-state index is 13.4. The van der Waals surface area contributed by atoms with Crippen molar-refractivity contribution in [2.24, 2.45) is 0 Å². The van der Waals surface area contributed by atoms with E-state index in [0.29, 0.717) is 5.56 Å². The monoisotopic (exact) mass is 365 g/mol. The van der Waals surface area contributed by atoms with E-state index < -0.39 is 18.1 Å². The summed E-state index contributed by atoms with van der Waals surface area (Å²) in [5.74, 6) is -0.823. The fraction of sp³-hybridized carbons (Fsp3) is 0.263. The predicted molar refractivity (Wildman–Crippen MR) is 99.4 cm³/mol. The van der Waals surface area contributed by atoms with Crippen LogP contribution in [0.15, 0.2) is 36.4 Å². The van der Waals surface area contributed by atoms with E-state index in [0.717, 1.165) is 15.2 Å². The van der Waals surface area contributed by atoms with Crippen molar-refractivity contribution in [1.82, 2.24) is 10.2 Å². The molecule has 3 rings (SSSR count). The van der Waals surface area contributed by atoms with Crippen molar-refractivity contribution in [1.29, 1.82) is 5.26 Å². The molecular formula is C19H17AlFN3O2. The first-order chi connectivity index (χ1) is 12.5. The van der Waals surface area contributed by atoms with Crippen LogP contribution in [0.1, 0.15) is 16.8 Å². The van der Waals surface area contributed by atoms with Gasteiger partial charge >= 0.3 is 147 Å². The summed E-state index contributed by atoms with van der Waals surface area (Å²) in [6, 6.07) is 12.4. The van der Waals surface area contributed by atoms with Crippen LogP contribution in [-0.2, 0) is 4.79 Å². The van der Waals surface area contributed by atoms with Crippen LogP contribution in [0, 0.1) is 11.3 Å². The first-order valence-electron chi connectivity index (χ1n) is 8.30. The minimum atomic E-state index is -1.19. The predicted octanol–water partition coefficient (Wildman–Crippen LogP) is 0.794. The number of nitrogens with zero attached hydrogens (tertiary/aromatic N) is 2. The van der Waals surface area contributed by atoms with E-state index in [1.165, 1.54) is 4.90 Å². The molecule has 0 bridgehead atoms. The molecule has 0 spiro atoms. The van der Waals surface area contributed by atoms with E-state index in [9.17, 15) is 14.0 Å². The topological polar surface area (TPSA) is 73.2 Å². The van der Waals surface area contributed by atoms with Gasteiger partial charge in [0.15, 0.2) is 0 Å². The number of hydrogen-bond acceptors (Lipinski definition) is 3. The van der Waals surface area contributed by atoms with Crippen LogP contribution >= 0.6 is 0 Å². The first-order valence-corrected chi connectivity index (χ1v) is 9.69. The van der Waals surface area contributed by atoms with Crippen LogP contribution in [-0.4, -0.2) is 62.2 Å². The first kappa shape index (κ1) is 18.3. The zero-order chi connectivity index (χ0) is 18.7. The molecule has 7 heteroatoms. The second-order valence-electron chi connectivity index (χ2n) is 6.20. The molecule has 2 aromatic carbocycles. The van der Waals surface area contributed by atoms with Crippen LogP contribution < -0.4 is 9.74 Å². The Hall–Kier alpha value is -2.54. The van der Waals surface area contributed by atoms with Crippen molar-refractivity contribution < 1.29 is 14.0 Å². The number of carbonyl (C=O) groups is 2. The molecule has 2 amide bonds. The fourth-order valence-corrected chi connectivity index (χ4v) is 3.69. The number of nitrogens with one attached hydrogen (secondary N) is 1. The molecular weight excluding hydrogens is 348 g/mol. The summed E-state index contributed by atoms with van der Waals surface area (Å²) in [4.78, 5) is 25.9. The third kappa shape index (κ3) is 3.67. The van der Waals surface area contributed by atoms with E-state index in [1.807, 2.05) is 30.3 Å². The molecule has 1 heterocycles. The van der Waals surface area contributed by atoms with Gasteiger partial charge in [0.25, 0.3) is 0 Å². The number of carbonyl (C=O) groups excluding carboxylic acids is 2. The quantitative estimate of drug-likeness (QED) is 0.815. The Balaban J connectivity index is 1.73. The molecule has 1 unspecified atom stereocenters. The molecule has 0 radical (unpaired) electrons. The summed E-state index contributed by atoms with van der Waals surface area (Å²) in [5, 5.41) is 17.3. The van der Waals surface area contributed by atoms with Crippen LogP contribution in [0.3, 0.4) is 0 Å². The van der Waals surface area contributed by atoms with Gasteiger partial charge < -0.3 is 0 Å². The van der Waals surface area contributed by atoms with Crippen molar-refractivity contribution in [2.75, 3.05) is 13.1 Å². The molecule has 1 N–H and O–H groups in total. The summed E-state index contributed by atoms with van der Waals surface area (Å²) in [5.41, 5.74) is 0.475. The second kappa shape index (κ2) is 7.78. The summed E-state index contributed by atoms with van der Waals surface area (Å²) >= 11 is -0.0528. The maximum absolute atomic E-state index is 13.4. The Kier molecular flexibility index (Phi) is 5.47. The van der Waals surface area contributed by atoms with E-state index in [2.05, 4.69) is 10.7 Å². The number of fused-ring (bicyclic) bond motifs is 1. The Bertz CT molecular complexity index is 925. The molecule has 2 aromatic rings. The van der Waals surface area contributed by atoms with Gasteiger partial charge in [-0.2, -0.15) is 5.26 Å². The average molecular weight is 365 g/mol. The summed E-state index contributed by atoms with van der Waals surface area (Å²) in [6.45, 7) is -0.363. The van der Waals surface area contributed by atoms with E-state index in [1.54, 1.807) is 12.1 Å². The number of benzene rings is 2. The van der Waals surface area contributed by atoms with Gasteiger partial charge in [-0.05, 0) is 0 Å². The zero-order valence-electron chi connectivity index (χ0n) is 14.1. The number of nitriles is 1. The molecule has 2 atom stereocenters. The number of amides is 2. The minimum absolute atomic E-state index is 0.0239. The average Bonchev–Trinajstić information content (AvgIpc) is 3.05. The van der Waals surface area contributed by atoms with Crippen molar-refractivity contribution in [2.45, 2.75) is 18.6 Å². The van der Waals surface area contributed by atoms with Crippen LogP contribution in [0.25, 0.3) is 10.8 Å². The molecule has 0 saturated carbocycles. The summed E-state index contributed by atoms with van der Waals surface area (Å²) in [6.07, 6.45) is -1.17. The third-order valence-corrected chi connectivity index (χ3v) is 5.33. The molecule has 1 aliphatic heterocycles. The Morgan fingerprint density at radius 3 is 2.92 bits per heavy atom. The number of alkyl halides is 1. The van der Waals surface area contributed by atoms with Crippen molar-refractivity contribution in [3.05, 3.63) is 42.0 Å². The van der Waals surface area contributed by atoms with Crippen molar-refractivity contribution in [3.63, 3.8) is 0 Å². The van der Waals surface area contributed by atoms with Gasteiger partial charge in [-0.1, -0.05) is 0 Å². The number of likely N-dealkylation sites (tertiary alicyclic amines) is 1. The number of halogens is 1. The van der Waals surface area contributed by atoms with E-state index >= 15 is 0 Å². The van der Waals surface area contributed by atoms with Crippen molar-refractivity contribution >= 4 is 47.2 Å². The molecule has 0 aromatic heterocycles. The van der Waals surface area contributed by atoms with Gasteiger partial charge in [-0.3, -0.25) is 0 Å². The van der Waals surface area contributed by atoms with Crippen LogP contribution in [0.2, 0.25) is 0 Å². The molecule has 26 heavy (non-hydrogen) atoms. The molecule has 1 fully saturated rings. The zero-order valence-corrected chi connectivity index (χ0v) is 15.3. The number of hydrogen-bond donors (Lipinski definition) is 1. The van der Waals surface area contributed by atoms with Gasteiger partial charge in [-0.15, -0.1) is 0 Å². The van der Waals surface area contributed by atoms with Crippen LogP contribution in [0.4, 0.5) is 4.39 Å². The molecule has 1 saturated heterocycles. The molecule has 130 valence electrons. The van der Waals surface area contributed by atoms with E-state index in [-0.39, 0.29) is 40.2 Å². The molecule has 5 nitrogen and oxygen atoms in total. The Morgan fingerprint density at radius 1 is 1.38 bits per heavy atom. The van der Waals surface area contributed by atoms with Crippen LogP contribution in [0.5, 0.6) is 0 Å². The standard InChI is InChI=1S/C18H15FN3O2.CH2.Al/c19-13-8-14(9-20)22(11-13)17(23)10-21-18(24)16-7-3-5-12-4-1-2-6-15(12)16;;/h2-7,13-14H,8,10-11H2,(H,21,24);1H2;/t13?,14-;;/m0../s1. The van der Waals surface area contributed by atoms with Gasteiger partial charge in [0, 0.05) is 0 Å². The normalized spacial score (nSPS) is 19.0. The molecule has 0 aliphatic carbocycles. The third-order valence-electron chi connectivity index (χ3n) is 4.50. The fourth-order valence-electron chi connectivity index (χ4n) is 3.16. The van der Waals surface area contributed by atoms with Crippen molar-refractivity contribution in [3.8, 4) is 6.07 Å². The van der Waals surface area contributed by atoms with Gasteiger partial charge in [-0.25, -0.2) is 4.39 Å². The SMILES string of the molecule is [CH2]=[Al][c]1ccc2c(C(=O)NCC(=O)N3CC(F)C[C@H]3C#N)cccc2c1. The molecule has 1 aliphatic rings. The van der Waals surface area contributed by atoms with Gasteiger partial charge in [0.05, 0.1) is 0 Å². The summed E-state index contributed by atoms with van der Waals surface area (Å²) < 4.78 is 14.6. The Labute approximate surface area is 156 Å².